The summed E-state index contributed by atoms with van der Waals surface area (Å²) < 4.78 is 29.5. The predicted molar refractivity (Wildman–Crippen MR) is 87.1 cm³/mol. The van der Waals surface area contributed by atoms with E-state index in [0.29, 0.717) is 24.9 Å². The van der Waals surface area contributed by atoms with Gasteiger partial charge in [0.2, 0.25) is 0 Å². The molecule has 0 radical (unpaired) electrons. The van der Waals surface area contributed by atoms with Crippen molar-refractivity contribution >= 4 is 21.6 Å². The van der Waals surface area contributed by atoms with E-state index in [1.807, 2.05) is 17.0 Å². The summed E-state index contributed by atoms with van der Waals surface area (Å²) in [6.07, 6.45) is 1.32. The molecule has 1 N–H and O–H groups in total. The number of nitrogens with zero attached hydrogens (tertiary/aromatic N) is 1. The second-order valence-corrected chi connectivity index (χ2v) is 9.09. The van der Waals surface area contributed by atoms with Crippen LogP contribution in [0.5, 0.6) is 0 Å². The van der Waals surface area contributed by atoms with E-state index in [-0.39, 0.29) is 0 Å². The molecule has 1 aliphatic rings. The smallest absolute Gasteiger partial charge is 0.164 e. The maximum atomic E-state index is 11.9. The van der Waals surface area contributed by atoms with Gasteiger partial charge in [-0.3, -0.25) is 4.90 Å². The number of thioether (sulfide) groups is 1. The molecule has 1 aliphatic heterocycles. The first kappa shape index (κ1) is 16.9. The molecule has 120 valence electrons. The van der Waals surface area contributed by atoms with Crippen molar-refractivity contribution in [3.63, 3.8) is 0 Å². The Hall–Kier alpha value is -0.500. The van der Waals surface area contributed by atoms with E-state index >= 15 is 0 Å². The molecule has 0 saturated carbocycles. The zero-order chi connectivity index (χ0) is 15.5. The monoisotopic (exact) mass is 332 g/mol. The van der Waals surface area contributed by atoms with Crippen LogP contribution in [0.25, 0.3) is 0 Å². The number of rotatable bonds is 6. The summed E-state index contributed by atoms with van der Waals surface area (Å²) in [6.45, 7) is 6.21. The van der Waals surface area contributed by atoms with Gasteiger partial charge in [0.1, 0.15) is 16.9 Å². The highest BCUT2D eigenvalue weighted by molar-refractivity contribution is 8.00. The minimum absolute atomic E-state index is 0.404. The Labute approximate surface area is 131 Å². The van der Waals surface area contributed by atoms with Crippen LogP contribution in [0.4, 0.5) is 0 Å². The van der Waals surface area contributed by atoms with E-state index in [9.17, 15) is 8.42 Å². The first-order valence-corrected chi connectivity index (χ1v) is 10.3. The largest absolute Gasteiger partial charge is 0.463 e. The molecule has 0 spiro atoms. The van der Waals surface area contributed by atoms with E-state index in [2.05, 4.69) is 19.2 Å². The standard InChI is InChI=1S/C14H24N2O3S2/c1-11(2)15-8-12-4-5-13(19-12)9-16-6-7-20-10-14(16)21(3,17)18/h4-5,11,14-15H,6-10H2,1-3H3. The van der Waals surface area contributed by atoms with Gasteiger partial charge in [-0.15, -0.1) is 0 Å². The van der Waals surface area contributed by atoms with E-state index < -0.39 is 15.2 Å². The van der Waals surface area contributed by atoms with Gasteiger partial charge in [-0.2, -0.15) is 11.8 Å². The number of sulfone groups is 1. The maximum Gasteiger partial charge on any atom is 0.164 e. The lowest BCUT2D eigenvalue weighted by molar-refractivity contribution is 0.237. The first-order chi connectivity index (χ1) is 9.86. The van der Waals surface area contributed by atoms with Crippen LogP contribution >= 0.6 is 11.8 Å². The second kappa shape index (κ2) is 7.17. The Bertz CT molecular complexity index is 554. The van der Waals surface area contributed by atoms with Crippen LogP contribution in [0, 0.1) is 0 Å². The average molecular weight is 332 g/mol. The molecule has 2 rings (SSSR count). The predicted octanol–water partition coefficient (Wildman–Crippen LogP) is 1.70. The summed E-state index contributed by atoms with van der Waals surface area (Å²) in [4.78, 5) is 2.00. The fraction of sp³-hybridized carbons (Fsp3) is 0.714. The Kier molecular flexibility index (Phi) is 5.76. The SMILES string of the molecule is CC(C)NCc1ccc(CN2CCSCC2S(C)(=O)=O)o1. The molecule has 0 aliphatic carbocycles. The van der Waals surface area contributed by atoms with Crippen LogP contribution in [0.15, 0.2) is 16.5 Å². The van der Waals surface area contributed by atoms with Crippen molar-refractivity contribution in [3.8, 4) is 0 Å². The zero-order valence-corrected chi connectivity index (χ0v) is 14.5. The van der Waals surface area contributed by atoms with Gasteiger partial charge in [0.15, 0.2) is 9.84 Å². The van der Waals surface area contributed by atoms with E-state index in [1.54, 1.807) is 11.8 Å². The maximum absolute atomic E-state index is 11.9. The van der Waals surface area contributed by atoms with Crippen LogP contribution in [-0.2, 0) is 22.9 Å². The Balaban J connectivity index is 1.99. The number of hydrogen-bond acceptors (Lipinski definition) is 6. The Morgan fingerprint density at radius 3 is 2.81 bits per heavy atom. The third-order valence-electron chi connectivity index (χ3n) is 3.45. The highest BCUT2D eigenvalue weighted by atomic mass is 32.2. The molecule has 1 unspecified atom stereocenters. The molecule has 1 saturated heterocycles. The van der Waals surface area contributed by atoms with E-state index in [1.165, 1.54) is 6.26 Å². The van der Waals surface area contributed by atoms with Crippen LogP contribution in [0.3, 0.4) is 0 Å². The number of hydrogen-bond donors (Lipinski definition) is 1. The quantitative estimate of drug-likeness (QED) is 0.855. The molecule has 1 atom stereocenters. The normalized spacial score (nSPS) is 21.0. The second-order valence-electron chi connectivity index (χ2n) is 5.73. The van der Waals surface area contributed by atoms with E-state index in [0.717, 1.165) is 23.8 Å². The lowest BCUT2D eigenvalue weighted by Crippen LogP contribution is -2.46. The molecule has 0 bridgehead atoms. The highest BCUT2D eigenvalue weighted by Gasteiger charge is 2.31. The van der Waals surface area contributed by atoms with Crippen molar-refractivity contribution < 1.29 is 12.8 Å². The van der Waals surface area contributed by atoms with Gasteiger partial charge >= 0.3 is 0 Å². The average Bonchev–Trinajstić information content (AvgIpc) is 2.83. The topological polar surface area (TPSA) is 62.6 Å². The highest BCUT2D eigenvalue weighted by Crippen LogP contribution is 2.23. The molecule has 0 amide bonds. The molecule has 2 heterocycles. The van der Waals surface area contributed by atoms with Gasteiger partial charge in [0.05, 0.1) is 13.1 Å². The van der Waals surface area contributed by atoms with Crippen LogP contribution in [-0.4, -0.2) is 49.0 Å². The van der Waals surface area contributed by atoms with Gasteiger partial charge in [-0.05, 0) is 12.1 Å². The van der Waals surface area contributed by atoms with Crippen molar-refractivity contribution in [2.75, 3.05) is 24.3 Å². The van der Waals surface area contributed by atoms with Crippen molar-refractivity contribution in [1.82, 2.24) is 10.2 Å². The summed E-state index contributed by atoms with van der Waals surface area (Å²) in [5.74, 6) is 3.33. The molecule has 1 aromatic heterocycles. The molecule has 5 nitrogen and oxygen atoms in total. The number of furan rings is 1. The van der Waals surface area contributed by atoms with Gasteiger partial charge < -0.3 is 9.73 Å². The lowest BCUT2D eigenvalue weighted by Gasteiger charge is -2.33. The summed E-state index contributed by atoms with van der Waals surface area (Å²) in [7, 11) is -3.06. The molecule has 1 aromatic rings. The minimum Gasteiger partial charge on any atom is -0.463 e. The molecule has 0 aromatic carbocycles. The van der Waals surface area contributed by atoms with Gasteiger partial charge in [-0.25, -0.2) is 8.42 Å². The molecular formula is C14H24N2O3S2. The molecule has 7 heteroatoms. The Morgan fingerprint density at radius 1 is 1.43 bits per heavy atom. The number of nitrogens with one attached hydrogen (secondary N) is 1. The third kappa shape index (κ3) is 5.02. The van der Waals surface area contributed by atoms with Crippen molar-refractivity contribution in [2.45, 2.75) is 38.4 Å². The summed E-state index contributed by atoms with van der Waals surface area (Å²) in [5.41, 5.74) is 0. The van der Waals surface area contributed by atoms with Gasteiger partial charge in [0.25, 0.3) is 0 Å². The van der Waals surface area contributed by atoms with Crippen LogP contribution in [0.2, 0.25) is 0 Å². The minimum atomic E-state index is -3.06. The fourth-order valence-corrected chi connectivity index (χ4v) is 5.24. The van der Waals surface area contributed by atoms with Crippen LogP contribution in [0.1, 0.15) is 25.4 Å². The zero-order valence-electron chi connectivity index (χ0n) is 12.8. The molecular weight excluding hydrogens is 308 g/mol. The van der Waals surface area contributed by atoms with Gasteiger partial charge in [-0.1, -0.05) is 13.8 Å². The molecule has 21 heavy (non-hydrogen) atoms. The summed E-state index contributed by atoms with van der Waals surface area (Å²) >= 11 is 1.70. The molecule has 1 fully saturated rings. The first-order valence-electron chi connectivity index (χ1n) is 7.18. The third-order valence-corrected chi connectivity index (χ3v) is 6.13. The van der Waals surface area contributed by atoms with Crippen LogP contribution < -0.4 is 5.32 Å². The fourth-order valence-electron chi connectivity index (χ4n) is 2.30. The van der Waals surface area contributed by atoms with Crippen molar-refractivity contribution in [1.29, 1.82) is 0 Å². The van der Waals surface area contributed by atoms with Crippen molar-refractivity contribution in [3.05, 3.63) is 23.7 Å². The van der Waals surface area contributed by atoms with Gasteiger partial charge in [0, 0.05) is 30.3 Å². The van der Waals surface area contributed by atoms with E-state index in [4.69, 9.17) is 4.42 Å². The van der Waals surface area contributed by atoms with Crippen molar-refractivity contribution in [2.24, 2.45) is 0 Å². The summed E-state index contributed by atoms with van der Waals surface area (Å²) in [6, 6.07) is 4.31. The lowest BCUT2D eigenvalue weighted by atomic mass is 10.3. The summed E-state index contributed by atoms with van der Waals surface area (Å²) in [5, 5.41) is 2.90. The Morgan fingerprint density at radius 2 is 2.14 bits per heavy atom.